The molecule has 7 nitrogen and oxygen atoms in total. The fourth-order valence-corrected chi connectivity index (χ4v) is 3.70. The molecule has 0 radical (unpaired) electrons. The van der Waals surface area contributed by atoms with Gasteiger partial charge in [-0.05, 0) is 25.7 Å². The monoisotopic (exact) mass is 441 g/mol. The lowest BCUT2D eigenvalue weighted by Crippen LogP contribution is -2.52. The van der Waals surface area contributed by atoms with Gasteiger partial charge >= 0.3 is 11.9 Å². The maximum absolute atomic E-state index is 11.3. The van der Waals surface area contributed by atoms with Gasteiger partial charge in [0.2, 0.25) is 0 Å². The zero-order valence-corrected chi connectivity index (χ0v) is 19.7. The maximum Gasteiger partial charge on any atom is 0.306 e. The molecule has 0 saturated heterocycles. The van der Waals surface area contributed by atoms with Crippen molar-refractivity contribution < 1.29 is 34.2 Å². The van der Waals surface area contributed by atoms with Gasteiger partial charge in [-0.3, -0.25) is 9.59 Å². The van der Waals surface area contributed by atoms with Crippen LogP contribution in [0, 0.1) is 17.8 Å². The van der Waals surface area contributed by atoms with Crippen LogP contribution < -0.4 is 5.11 Å². The second-order valence-electron chi connectivity index (χ2n) is 9.15. The summed E-state index contributed by atoms with van der Waals surface area (Å²) in [6, 6.07) is 0. The lowest BCUT2D eigenvalue weighted by atomic mass is 10.0. The Kier molecular flexibility index (Phi) is 14.9. The molecule has 0 saturated carbocycles. The average Bonchev–Trinajstić information content (AvgIpc) is 2.72. The molecule has 2 N–H and O–H groups in total. The first-order valence-corrected chi connectivity index (χ1v) is 11.7. The SMILES string of the molecule is C=CCCCCCCC[N+](CCC(C)C(=O)[O-])(CCC(C)C(=O)O)CCC(C)C(=O)O. The van der Waals surface area contributed by atoms with Crippen molar-refractivity contribution in [3.8, 4) is 0 Å². The molecule has 0 aliphatic carbocycles. The maximum atomic E-state index is 11.3. The van der Waals surface area contributed by atoms with Gasteiger partial charge in [0.1, 0.15) is 0 Å². The topological polar surface area (TPSA) is 115 Å². The molecule has 0 aromatic heterocycles. The number of quaternary nitrogens is 1. The van der Waals surface area contributed by atoms with Crippen LogP contribution >= 0.6 is 0 Å². The smallest absolute Gasteiger partial charge is 0.306 e. The second-order valence-corrected chi connectivity index (χ2v) is 9.15. The van der Waals surface area contributed by atoms with Gasteiger partial charge in [-0.2, -0.15) is 0 Å². The van der Waals surface area contributed by atoms with E-state index in [0.29, 0.717) is 43.4 Å². The van der Waals surface area contributed by atoms with Crippen LogP contribution in [-0.2, 0) is 14.4 Å². The summed E-state index contributed by atoms with van der Waals surface area (Å²) in [6.45, 7) is 11.3. The Balaban J connectivity index is 5.26. The van der Waals surface area contributed by atoms with Gasteiger partial charge in [0.05, 0.1) is 38.0 Å². The Morgan fingerprint density at radius 1 is 0.774 bits per heavy atom. The van der Waals surface area contributed by atoms with Gasteiger partial charge in [-0.1, -0.05) is 39.7 Å². The average molecular weight is 442 g/mol. The summed E-state index contributed by atoms with van der Waals surface area (Å²) in [4.78, 5) is 33.9. The van der Waals surface area contributed by atoms with Crippen molar-refractivity contribution in [3.05, 3.63) is 12.7 Å². The van der Waals surface area contributed by atoms with Crippen LogP contribution in [0.15, 0.2) is 12.7 Å². The number of aliphatic carboxylic acids is 3. The van der Waals surface area contributed by atoms with E-state index in [1.807, 2.05) is 6.08 Å². The Hall–Kier alpha value is -1.89. The van der Waals surface area contributed by atoms with E-state index in [1.165, 1.54) is 0 Å². The molecular formula is C24H43NO6. The molecule has 3 atom stereocenters. The van der Waals surface area contributed by atoms with Gasteiger partial charge in [-0.15, -0.1) is 6.58 Å². The molecule has 0 aromatic carbocycles. The van der Waals surface area contributed by atoms with E-state index in [-0.39, 0.29) is 0 Å². The van der Waals surface area contributed by atoms with Crippen molar-refractivity contribution in [1.29, 1.82) is 0 Å². The number of carbonyl (C=O) groups excluding carboxylic acids is 1. The van der Waals surface area contributed by atoms with Gasteiger partial charge in [0.15, 0.2) is 0 Å². The summed E-state index contributed by atoms with van der Waals surface area (Å²) in [7, 11) is 0. The molecule has 0 heterocycles. The van der Waals surface area contributed by atoms with E-state index < -0.39 is 35.7 Å². The molecule has 180 valence electrons. The van der Waals surface area contributed by atoms with Crippen molar-refractivity contribution in [2.24, 2.45) is 17.8 Å². The normalized spacial score (nSPS) is 16.1. The number of hydrogen-bond donors (Lipinski definition) is 2. The molecule has 0 rings (SSSR count). The van der Waals surface area contributed by atoms with Crippen molar-refractivity contribution in [2.45, 2.75) is 78.6 Å². The van der Waals surface area contributed by atoms with Gasteiger partial charge in [-0.25, -0.2) is 0 Å². The van der Waals surface area contributed by atoms with Crippen molar-refractivity contribution in [2.75, 3.05) is 26.2 Å². The molecule has 0 aliphatic rings. The minimum atomic E-state index is -1.09. The molecule has 0 spiro atoms. The molecule has 31 heavy (non-hydrogen) atoms. The molecule has 0 aromatic rings. The first-order chi connectivity index (χ1) is 14.5. The van der Waals surface area contributed by atoms with E-state index in [4.69, 9.17) is 0 Å². The first kappa shape index (κ1) is 29.1. The summed E-state index contributed by atoms with van der Waals surface area (Å²) in [5.74, 6) is -4.35. The Labute approximate surface area is 187 Å². The fraction of sp³-hybridized carbons (Fsp3) is 0.792. The van der Waals surface area contributed by atoms with Gasteiger partial charge in [0, 0.05) is 31.1 Å². The van der Waals surface area contributed by atoms with Crippen LogP contribution in [0.2, 0.25) is 0 Å². The highest BCUT2D eigenvalue weighted by atomic mass is 16.4. The fourth-order valence-electron chi connectivity index (χ4n) is 3.70. The minimum absolute atomic E-state index is 0.435. The van der Waals surface area contributed by atoms with E-state index >= 15 is 0 Å². The van der Waals surface area contributed by atoms with Crippen molar-refractivity contribution >= 4 is 17.9 Å². The molecule has 0 bridgehead atoms. The van der Waals surface area contributed by atoms with Crippen LogP contribution in [-0.4, -0.2) is 58.8 Å². The van der Waals surface area contributed by atoms with Gasteiger partial charge < -0.3 is 24.6 Å². The molecule has 0 amide bonds. The lowest BCUT2D eigenvalue weighted by Gasteiger charge is -2.41. The summed E-state index contributed by atoms with van der Waals surface area (Å²) in [6.07, 6.45) is 9.72. The third-order valence-electron chi connectivity index (χ3n) is 6.40. The van der Waals surface area contributed by atoms with E-state index in [1.54, 1.807) is 20.8 Å². The summed E-state index contributed by atoms with van der Waals surface area (Å²) < 4.78 is 0.569. The largest absolute Gasteiger partial charge is 0.550 e. The predicted octanol–water partition coefficient (Wildman–Crippen LogP) is 3.33. The highest BCUT2D eigenvalue weighted by Crippen LogP contribution is 2.21. The van der Waals surface area contributed by atoms with Crippen LogP contribution in [0.4, 0.5) is 0 Å². The Morgan fingerprint density at radius 2 is 1.19 bits per heavy atom. The minimum Gasteiger partial charge on any atom is -0.550 e. The Bertz CT molecular complexity index is 502. The molecule has 3 unspecified atom stereocenters. The highest BCUT2D eigenvalue weighted by Gasteiger charge is 2.30. The lowest BCUT2D eigenvalue weighted by molar-refractivity contribution is -0.929. The molecule has 0 fully saturated rings. The number of allylic oxidation sites excluding steroid dienone is 1. The number of nitrogens with zero attached hydrogens (tertiary/aromatic N) is 1. The van der Waals surface area contributed by atoms with Crippen LogP contribution in [0.3, 0.4) is 0 Å². The number of unbranched alkanes of at least 4 members (excludes halogenated alkanes) is 5. The zero-order valence-electron chi connectivity index (χ0n) is 19.7. The molecule has 0 aliphatic heterocycles. The van der Waals surface area contributed by atoms with Crippen LogP contribution in [0.5, 0.6) is 0 Å². The number of carbonyl (C=O) groups is 3. The summed E-state index contributed by atoms with van der Waals surface area (Å²) in [5.41, 5.74) is 0. The van der Waals surface area contributed by atoms with Gasteiger partial charge in [0.25, 0.3) is 0 Å². The van der Waals surface area contributed by atoms with Crippen LogP contribution in [0.25, 0.3) is 0 Å². The third kappa shape index (κ3) is 13.2. The van der Waals surface area contributed by atoms with E-state index in [2.05, 4.69) is 6.58 Å². The summed E-state index contributed by atoms with van der Waals surface area (Å²) >= 11 is 0. The van der Waals surface area contributed by atoms with Crippen molar-refractivity contribution in [1.82, 2.24) is 0 Å². The zero-order chi connectivity index (χ0) is 23.9. The number of carboxylic acid groups (broad SMARTS) is 3. The number of rotatable bonds is 20. The van der Waals surface area contributed by atoms with Crippen LogP contribution in [0.1, 0.15) is 78.6 Å². The highest BCUT2D eigenvalue weighted by molar-refractivity contribution is 5.69. The first-order valence-electron chi connectivity index (χ1n) is 11.7. The number of hydrogen-bond acceptors (Lipinski definition) is 4. The van der Waals surface area contributed by atoms with E-state index in [9.17, 15) is 29.7 Å². The van der Waals surface area contributed by atoms with Crippen molar-refractivity contribution in [3.63, 3.8) is 0 Å². The second kappa shape index (κ2) is 15.8. The molecular weight excluding hydrogens is 398 g/mol. The quantitative estimate of drug-likeness (QED) is 0.170. The Morgan fingerprint density at radius 3 is 1.61 bits per heavy atom. The third-order valence-corrected chi connectivity index (χ3v) is 6.40. The van der Waals surface area contributed by atoms with E-state index in [0.717, 1.165) is 45.1 Å². The predicted molar refractivity (Wildman–Crippen MR) is 119 cm³/mol. The summed E-state index contributed by atoms with van der Waals surface area (Å²) in [5, 5.41) is 29.8. The molecule has 7 heteroatoms. The standard InChI is InChI=1S/C24H43NO6/c1-5-6-7-8-9-10-11-15-25(16-12-19(2)22(26)27,17-13-20(3)23(28)29)18-14-21(4)24(30)31/h5,19-21H,1,6-18H2,2-4H3,(H2-,26,27,28,29,30,31). The number of carboxylic acids is 3.